The zero-order valence-electron chi connectivity index (χ0n) is 18.2. The summed E-state index contributed by atoms with van der Waals surface area (Å²) in [5.74, 6) is 0.122. The third-order valence-corrected chi connectivity index (χ3v) is 7.23. The van der Waals surface area contributed by atoms with Crippen LogP contribution in [0.3, 0.4) is 0 Å². The van der Waals surface area contributed by atoms with E-state index in [9.17, 15) is 9.18 Å². The lowest BCUT2D eigenvalue weighted by Gasteiger charge is -2.35. The second kappa shape index (κ2) is 10.0. The third-order valence-electron chi connectivity index (χ3n) is 5.99. The van der Waals surface area contributed by atoms with Gasteiger partial charge in [0.25, 0.3) is 0 Å². The zero-order chi connectivity index (χ0) is 21.8. The van der Waals surface area contributed by atoms with Crippen LogP contribution in [0, 0.1) is 5.82 Å². The Kier molecular flexibility index (Phi) is 7.15. The van der Waals surface area contributed by atoms with Gasteiger partial charge in [-0.1, -0.05) is 25.1 Å². The van der Waals surface area contributed by atoms with E-state index in [2.05, 4.69) is 28.9 Å². The van der Waals surface area contributed by atoms with Crippen LogP contribution in [0.1, 0.15) is 18.9 Å². The Labute approximate surface area is 188 Å². The van der Waals surface area contributed by atoms with Gasteiger partial charge in [0.1, 0.15) is 0 Å². The average molecular weight is 444 g/mol. The number of amides is 1. The maximum Gasteiger partial charge on any atom is 0.241 e. The minimum atomic E-state index is -0.325. The number of nitrogens with zero attached hydrogens (tertiary/aromatic N) is 3. The predicted octanol–water partition coefficient (Wildman–Crippen LogP) is 3.87. The summed E-state index contributed by atoms with van der Waals surface area (Å²) >= 11 is 1.86. The zero-order valence-corrected chi connectivity index (χ0v) is 19.0. The number of halogens is 1. The number of fused-ring (bicyclic) bond motifs is 1. The van der Waals surface area contributed by atoms with Crippen LogP contribution in [0.2, 0.25) is 0 Å². The normalized spacial score (nSPS) is 20.2. The van der Waals surface area contributed by atoms with E-state index in [0.29, 0.717) is 18.3 Å². The van der Waals surface area contributed by atoms with Gasteiger partial charge in [0.2, 0.25) is 5.91 Å². The van der Waals surface area contributed by atoms with Crippen molar-refractivity contribution < 1.29 is 13.9 Å². The molecular formula is C24H30FN3O2S. The molecule has 1 fully saturated rings. The summed E-state index contributed by atoms with van der Waals surface area (Å²) in [5.41, 5.74) is 1.98. The standard InChI is InChI=1S/C24H30FN3O2S/c1-18-9-10-28(21-5-3-4-6-23(21)31-18)24(29)17-27-13-11-26(12-14-27)16-19-7-8-22(30-2)20(25)15-19/h3-8,15,18H,9-14,16-17H2,1-2H3/t18-/m0/s1. The molecule has 2 aromatic carbocycles. The number of benzene rings is 2. The fourth-order valence-corrected chi connectivity index (χ4v) is 5.31. The molecule has 1 saturated heterocycles. The van der Waals surface area contributed by atoms with Crippen molar-refractivity contribution in [2.75, 3.05) is 51.3 Å². The van der Waals surface area contributed by atoms with Crippen molar-refractivity contribution in [3.05, 3.63) is 53.8 Å². The summed E-state index contributed by atoms with van der Waals surface area (Å²) in [4.78, 5) is 20.9. The van der Waals surface area contributed by atoms with E-state index >= 15 is 0 Å². The second-order valence-electron chi connectivity index (χ2n) is 8.25. The van der Waals surface area contributed by atoms with Crippen LogP contribution in [-0.2, 0) is 11.3 Å². The van der Waals surface area contributed by atoms with Gasteiger partial charge in [-0.2, -0.15) is 0 Å². The first-order valence-corrected chi connectivity index (χ1v) is 11.7. The lowest BCUT2D eigenvalue weighted by atomic mass is 10.1. The number of methoxy groups -OCH3 is 1. The largest absolute Gasteiger partial charge is 0.494 e. The van der Waals surface area contributed by atoms with Crippen LogP contribution < -0.4 is 9.64 Å². The molecule has 5 nitrogen and oxygen atoms in total. The number of piperazine rings is 1. The Balaban J connectivity index is 1.32. The van der Waals surface area contributed by atoms with E-state index < -0.39 is 0 Å². The van der Waals surface area contributed by atoms with Crippen molar-refractivity contribution in [3.8, 4) is 5.75 Å². The van der Waals surface area contributed by atoms with Crippen LogP contribution in [0.4, 0.5) is 10.1 Å². The molecule has 31 heavy (non-hydrogen) atoms. The van der Waals surface area contributed by atoms with Crippen LogP contribution in [-0.4, -0.2) is 67.3 Å². The topological polar surface area (TPSA) is 36.0 Å². The molecule has 0 N–H and O–H groups in total. The lowest BCUT2D eigenvalue weighted by molar-refractivity contribution is -0.120. The van der Waals surface area contributed by atoms with Crippen molar-refractivity contribution in [2.24, 2.45) is 0 Å². The van der Waals surface area contributed by atoms with Gasteiger partial charge in [-0.3, -0.25) is 14.6 Å². The number of thioether (sulfide) groups is 1. The second-order valence-corrected chi connectivity index (χ2v) is 9.73. The molecule has 0 saturated carbocycles. The lowest BCUT2D eigenvalue weighted by Crippen LogP contribution is -2.50. The molecule has 0 radical (unpaired) electrons. The molecule has 7 heteroatoms. The highest BCUT2D eigenvalue weighted by Gasteiger charge is 2.26. The minimum Gasteiger partial charge on any atom is -0.494 e. The van der Waals surface area contributed by atoms with Gasteiger partial charge in [0, 0.05) is 49.4 Å². The summed E-state index contributed by atoms with van der Waals surface area (Å²) in [6.45, 7) is 7.55. The molecule has 4 rings (SSSR count). The van der Waals surface area contributed by atoms with E-state index in [1.54, 1.807) is 12.1 Å². The maximum atomic E-state index is 14.0. The van der Waals surface area contributed by atoms with Gasteiger partial charge in [-0.15, -0.1) is 11.8 Å². The Morgan fingerprint density at radius 1 is 1.10 bits per heavy atom. The highest BCUT2D eigenvalue weighted by atomic mass is 32.2. The fourth-order valence-electron chi connectivity index (χ4n) is 4.19. The smallest absolute Gasteiger partial charge is 0.241 e. The van der Waals surface area contributed by atoms with Gasteiger partial charge in [0.15, 0.2) is 11.6 Å². The van der Waals surface area contributed by atoms with Gasteiger partial charge in [-0.25, -0.2) is 4.39 Å². The first-order valence-electron chi connectivity index (χ1n) is 10.9. The molecule has 2 aliphatic rings. The van der Waals surface area contributed by atoms with Crippen LogP contribution in [0.25, 0.3) is 0 Å². The Morgan fingerprint density at radius 3 is 2.58 bits per heavy atom. The highest BCUT2D eigenvalue weighted by molar-refractivity contribution is 8.00. The van der Waals surface area contributed by atoms with Crippen molar-refractivity contribution >= 4 is 23.4 Å². The molecule has 2 aliphatic heterocycles. The molecule has 0 unspecified atom stereocenters. The van der Waals surface area contributed by atoms with Crippen molar-refractivity contribution in [1.82, 2.24) is 9.80 Å². The number of rotatable bonds is 5. The number of carbonyl (C=O) groups excluding carboxylic acids is 1. The fraction of sp³-hybridized carbons (Fsp3) is 0.458. The first-order chi connectivity index (χ1) is 15.0. The average Bonchev–Trinajstić information content (AvgIpc) is 2.93. The number of carbonyl (C=O) groups is 1. The van der Waals surface area contributed by atoms with Crippen LogP contribution >= 0.6 is 11.8 Å². The summed E-state index contributed by atoms with van der Waals surface area (Å²) in [6.07, 6.45) is 0.997. The third kappa shape index (κ3) is 5.40. The molecular weight excluding hydrogens is 413 g/mol. The number of para-hydroxylation sites is 1. The SMILES string of the molecule is COc1ccc(CN2CCN(CC(=O)N3CC[C@H](C)Sc4ccccc43)CC2)cc1F. The van der Waals surface area contributed by atoms with Gasteiger partial charge >= 0.3 is 0 Å². The summed E-state index contributed by atoms with van der Waals surface area (Å²) in [6, 6.07) is 13.4. The highest BCUT2D eigenvalue weighted by Crippen LogP contribution is 2.37. The molecule has 1 amide bonds. The van der Waals surface area contributed by atoms with E-state index in [1.165, 1.54) is 12.0 Å². The van der Waals surface area contributed by atoms with E-state index in [0.717, 1.165) is 50.4 Å². The molecule has 0 bridgehead atoms. The van der Waals surface area contributed by atoms with E-state index in [-0.39, 0.29) is 17.5 Å². The number of hydrogen-bond donors (Lipinski definition) is 0. The van der Waals surface area contributed by atoms with E-state index in [4.69, 9.17) is 4.74 Å². The Morgan fingerprint density at radius 2 is 1.84 bits per heavy atom. The van der Waals surface area contributed by atoms with Crippen molar-refractivity contribution in [1.29, 1.82) is 0 Å². The summed E-state index contributed by atoms with van der Waals surface area (Å²) in [7, 11) is 1.47. The molecule has 1 atom stereocenters. The van der Waals surface area contributed by atoms with Gasteiger partial charge in [-0.05, 0) is 36.2 Å². The maximum absolute atomic E-state index is 14.0. The van der Waals surface area contributed by atoms with Gasteiger partial charge < -0.3 is 9.64 Å². The quantitative estimate of drug-likeness (QED) is 0.701. The number of ether oxygens (including phenoxy) is 1. The Bertz CT molecular complexity index is 917. The van der Waals surface area contributed by atoms with Crippen LogP contribution in [0.15, 0.2) is 47.4 Å². The first kappa shape index (κ1) is 22.1. The number of anilines is 1. The molecule has 0 spiro atoms. The van der Waals surface area contributed by atoms with Crippen LogP contribution in [0.5, 0.6) is 5.75 Å². The summed E-state index contributed by atoms with van der Waals surface area (Å²) in [5, 5.41) is 0.505. The molecule has 166 valence electrons. The molecule has 2 aromatic rings. The summed E-state index contributed by atoms with van der Waals surface area (Å²) < 4.78 is 18.9. The monoisotopic (exact) mass is 443 g/mol. The minimum absolute atomic E-state index is 0.174. The molecule has 2 heterocycles. The van der Waals surface area contributed by atoms with Gasteiger partial charge in [0.05, 0.1) is 19.3 Å². The predicted molar refractivity (Wildman–Crippen MR) is 123 cm³/mol. The van der Waals surface area contributed by atoms with Crippen molar-refractivity contribution in [2.45, 2.75) is 30.0 Å². The molecule has 0 aliphatic carbocycles. The molecule has 0 aromatic heterocycles. The Hall–Kier alpha value is -2.09. The van der Waals surface area contributed by atoms with E-state index in [1.807, 2.05) is 34.9 Å². The van der Waals surface area contributed by atoms with Crippen molar-refractivity contribution in [3.63, 3.8) is 0 Å². The number of hydrogen-bond acceptors (Lipinski definition) is 5.